The van der Waals surface area contributed by atoms with Crippen LogP contribution in [0.25, 0.3) is 11.0 Å². The van der Waals surface area contributed by atoms with Crippen LogP contribution < -0.4 is 0 Å². The number of halogens is 2. The highest BCUT2D eigenvalue weighted by atomic mass is 79.9. The van der Waals surface area contributed by atoms with Crippen LogP contribution in [0.15, 0.2) is 17.0 Å². The van der Waals surface area contributed by atoms with Crippen LogP contribution >= 0.6 is 27.5 Å². The minimum absolute atomic E-state index is 0.421. The van der Waals surface area contributed by atoms with Gasteiger partial charge in [-0.3, -0.25) is 0 Å². The van der Waals surface area contributed by atoms with E-state index in [2.05, 4.69) is 30.9 Å². The van der Waals surface area contributed by atoms with Crippen molar-refractivity contribution in [2.75, 3.05) is 0 Å². The van der Waals surface area contributed by atoms with Gasteiger partial charge in [0.15, 0.2) is 9.89 Å². The number of H-pyrrole nitrogens is 1. The van der Waals surface area contributed by atoms with Crippen LogP contribution in [-0.4, -0.2) is 15.0 Å². The molecule has 0 radical (unpaired) electrons. The monoisotopic (exact) mass is 231 g/mol. The summed E-state index contributed by atoms with van der Waals surface area (Å²) in [6, 6.07) is 1.82. The summed E-state index contributed by atoms with van der Waals surface area (Å²) in [5.74, 6) is 0. The molecule has 2 aromatic rings. The van der Waals surface area contributed by atoms with E-state index in [0.717, 1.165) is 5.52 Å². The molecule has 0 amide bonds. The van der Waals surface area contributed by atoms with E-state index in [4.69, 9.17) is 11.6 Å². The summed E-state index contributed by atoms with van der Waals surface area (Å²) < 4.78 is 0.669. The fourth-order valence-electron chi connectivity index (χ4n) is 0.873. The molecule has 0 aliphatic heterocycles. The van der Waals surface area contributed by atoms with E-state index in [9.17, 15) is 0 Å². The van der Waals surface area contributed by atoms with Gasteiger partial charge in [0, 0.05) is 6.20 Å². The Morgan fingerprint density at radius 2 is 2.36 bits per heavy atom. The van der Waals surface area contributed by atoms with Gasteiger partial charge >= 0.3 is 0 Å². The lowest BCUT2D eigenvalue weighted by Gasteiger charge is -1.87. The van der Waals surface area contributed by atoms with Gasteiger partial charge in [-0.1, -0.05) is 11.6 Å². The first-order chi connectivity index (χ1) is 5.27. The summed E-state index contributed by atoms with van der Waals surface area (Å²) in [4.78, 5) is 10.9. The first kappa shape index (κ1) is 7.06. The molecule has 0 aliphatic rings. The molecule has 0 saturated heterocycles. The fraction of sp³-hybridized carbons (Fsp3) is 0. The van der Waals surface area contributed by atoms with E-state index in [1.807, 2.05) is 6.07 Å². The lowest BCUT2D eigenvalue weighted by molar-refractivity contribution is 1.26. The highest BCUT2D eigenvalue weighted by molar-refractivity contribution is 9.10. The van der Waals surface area contributed by atoms with Gasteiger partial charge in [0.25, 0.3) is 0 Å². The molecule has 2 aromatic heterocycles. The molecule has 56 valence electrons. The average Bonchev–Trinajstić information content (AvgIpc) is 2.31. The quantitative estimate of drug-likeness (QED) is 0.709. The van der Waals surface area contributed by atoms with Gasteiger partial charge in [-0.15, -0.1) is 0 Å². The Morgan fingerprint density at radius 1 is 1.55 bits per heavy atom. The highest BCUT2D eigenvalue weighted by Gasteiger charge is 2.03. The molecule has 11 heavy (non-hydrogen) atoms. The molecule has 0 spiro atoms. The highest BCUT2D eigenvalue weighted by Crippen LogP contribution is 2.19. The van der Waals surface area contributed by atoms with Crippen molar-refractivity contribution in [1.29, 1.82) is 0 Å². The average molecular weight is 232 g/mol. The molecular weight excluding hydrogens is 229 g/mol. The summed E-state index contributed by atoms with van der Waals surface area (Å²) in [6.45, 7) is 0. The minimum Gasteiger partial charge on any atom is -0.332 e. The molecule has 0 atom stereocenters. The van der Waals surface area contributed by atoms with E-state index in [0.29, 0.717) is 15.4 Å². The number of aromatic amines is 1. The van der Waals surface area contributed by atoms with Gasteiger partial charge < -0.3 is 4.98 Å². The molecule has 0 fully saturated rings. The lowest BCUT2D eigenvalue weighted by Crippen LogP contribution is -1.75. The Kier molecular flexibility index (Phi) is 1.58. The number of hydrogen-bond acceptors (Lipinski definition) is 2. The van der Waals surface area contributed by atoms with Crippen LogP contribution in [0.4, 0.5) is 0 Å². The number of nitrogens with one attached hydrogen (secondary N) is 1. The Bertz CT molecular complexity index is 398. The maximum Gasteiger partial charge on any atom is 0.175 e. The largest absolute Gasteiger partial charge is 0.332 e. The molecule has 5 heteroatoms. The van der Waals surface area contributed by atoms with Crippen LogP contribution in [0.5, 0.6) is 0 Å². The third-order valence-corrected chi connectivity index (χ3v) is 1.98. The Morgan fingerprint density at radius 3 is 3.09 bits per heavy atom. The SMILES string of the molecule is Clc1nccc2[nH]c(Br)nc12. The smallest absolute Gasteiger partial charge is 0.175 e. The number of hydrogen-bond donors (Lipinski definition) is 1. The van der Waals surface area contributed by atoms with Crippen molar-refractivity contribution in [3.63, 3.8) is 0 Å². The fourth-order valence-corrected chi connectivity index (χ4v) is 1.46. The van der Waals surface area contributed by atoms with Gasteiger partial charge in [-0.25, -0.2) is 9.97 Å². The third kappa shape index (κ3) is 1.12. The second kappa shape index (κ2) is 2.46. The molecule has 0 saturated carbocycles. The van der Waals surface area contributed by atoms with Gasteiger partial charge in [-0.2, -0.15) is 0 Å². The second-order valence-electron chi connectivity index (χ2n) is 2.03. The van der Waals surface area contributed by atoms with Crippen molar-refractivity contribution in [3.8, 4) is 0 Å². The normalized spacial score (nSPS) is 10.7. The van der Waals surface area contributed by atoms with Gasteiger partial charge in [0.1, 0.15) is 5.52 Å². The van der Waals surface area contributed by atoms with Gasteiger partial charge in [0.05, 0.1) is 5.52 Å². The summed E-state index contributed by atoms with van der Waals surface area (Å²) in [6.07, 6.45) is 1.63. The Labute approximate surface area is 75.9 Å². The molecular formula is C6H3BrClN3. The third-order valence-electron chi connectivity index (χ3n) is 1.33. The first-order valence-electron chi connectivity index (χ1n) is 2.93. The molecule has 0 bridgehead atoms. The van der Waals surface area contributed by atoms with Crippen LogP contribution in [0, 0.1) is 0 Å². The molecule has 2 heterocycles. The predicted octanol–water partition coefficient (Wildman–Crippen LogP) is 2.37. The van der Waals surface area contributed by atoms with E-state index >= 15 is 0 Å². The van der Waals surface area contributed by atoms with E-state index < -0.39 is 0 Å². The first-order valence-corrected chi connectivity index (χ1v) is 4.10. The maximum atomic E-state index is 5.76. The number of imidazole rings is 1. The van der Waals surface area contributed by atoms with Crippen LogP contribution in [0.3, 0.4) is 0 Å². The van der Waals surface area contributed by atoms with Crippen LogP contribution in [0.1, 0.15) is 0 Å². The number of fused-ring (bicyclic) bond motifs is 1. The summed E-state index contributed by atoms with van der Waals surface area (Å²) in [5.41, 5.74) is 1.58. The zero-order valence-corrected chi connectivity index (χ0v) is 7.65. The Hall–Kier alpha value is -0.610. The van der Waals surface area contributed by atoms with Crippen molar-refractivity contribution in [2.45, 2.75) is 0 Å². The summed E-state index contributed by atoms with van der Waals surface area (Å²) in [7, 11) is 0. The second-order valence-corrected chi connectivity index (χ2v) is 3.13. The molecule has 0 unspecified atom stereocenters. The zero-order chi connectivity index (χ0) is 7.84. The number of aromatic nitrogens is 3. The van der Waals surface area contributed by atoms with Crippen molar-refractivity contribution in [1.82, 2.24) is 15.0 Å². The molecule has 0 aliphatic carbocycles. The van der Waals surface area contributed by atoms with E-state index in [1.165, 1.54) is 0 Å². The summed E-state index contributed by atoms with van der Waals surface area (Å²) >= 11 is 8.96. The molecule has 2 rings (SSSR count). The van der Waals surface area contributed by atoms with Crippen LogP contribution in [-0.2, 0) is 0 Å². The van der Waals surface area contributed by atoms with Gasteiger partial charge in [-0.05, 0) is 22.0 Å². The van der Waals surface area contributed by atoms with Crippen molar-refractivity contribution >= 4 is 38.6 Å². The van der Waals surface area contributed by atoms with Crippen molar-refractivity contribution in [3.05, 3.63) is 22.1 Å². The Balaban J connectivity index is 2.90. The topological polar surface area (TPSA) is 41.6 Å². The minimum atomic E-state index is 0.421. The standard InChI is InChI=1S/C6H3BrClN3/c7-6-10-3-1-2-9-5(8)4(3)11-6/h1-2H,(H,10,11). The number of nitrogens with zero attached hydrogens (tertiary/aromatic N) is 2. The summed E-state index contributed by atoms with van der Waals surface area (Å²) in [5, 5.41) is 0.421. The lowest BCUT2D eigenvalue weighted by atomic mass is 10.4. The van der Waals surface area contributed by atoms with E-state index in [1.54, 1.807) is 6.20 Å². The van der Waals surface area contributed by atoms with Crippen molar-refractivity contribution in [2.24, 2.45) is 0 Å². The van der Waals surface area contributed by atoms with Crippen molar-refractivity contribution < 1.29 is 0 Å². The van der Waals surface area contributed by atoms with E-state index in [-0.39, 0.29) is 0 Å². The number of pyridine rings is 1. The predicted molar refractivity (Wildman–Crippen MR) is 46.6 cm³/mol. The van der Waals surface area contributed by atoms with Gasteiger partial charge in [0.2, 0.25) is 0 Å². The molecule has 0 aromatic carbocycles. The maximum absolute atomic E-state index is 5.76. The van der Waals surface area contributed by atoms with Crippen LogP contribution in [0.2, 0.25) is 5.15 Å². The zero-order valence-electron chi connectivity index (χ0n) is 5.31. The number of rotatable bonds is 0. The molecule has 3 nitrogen and oxygen atoms in total. The molecule has 1 N–H and O–H groups in total.